The van der Waals surface area contributed by atoms with Gasteiger partial charge in [0.25, 0.3) is 5.69 Å². The summed E-state index contributed by atoms with van der Waals surface area (Å²) in [7, 11) is 0. The number of carbonyl (C=O) groups excluding carboxylic acids is 3. The summed E-state index contributed by atoms with van der Waals surface area (Å²) in [5, 5.41) is 17.0. The number of ketones is 1. The maximum atomic E-state index is 12.2. The van der Waals surface area contributed by atoms with Gasteiger partial charge in [-0.05, 0) is 49.2 Å². The number of rotatable bonds is 9. The summed E-state index contributed by atoms with van der Waals surface area (Å²) in [6.45, 7) is 1.22. The molecule has 1 aliphatic rings. The highest BCUT2D eigenvalue weighted by Crippen LogP contribution is 2.31. The second-order valence-corrected chi connectivity index (χ2v) is 6.89. The smallest absolute Gasteiger partial charge is 0.338 e. The highest BCUT2D eigenvalue weighted by atomic mass is 16.6. The van der Waals surface area contributed by atoms with Gasteiger partial charge in [0.2, 0.25) is 5.91 Å². The highest BCUT2D eigenvalue weighted by molar-refractivity contribution is 6.00. The Morgan fingerprint density at radius 1 is 1.10 bits per heavy atom. The molecule has 0 aliphatic heterocycles. The van der Waals surface area contributed by atoms with Gasteiger partial charge < -0.3 is 15.4 Å². The zero-order chi connectivity index (χ0) is 21.7. The molecule has 30 heavy (non-hydrogen) atoms. The van der Waals surface area contributed by atoms with Crippen molar-refractivity contribution in [1.29, 1.82) is 0 Å². The van der Waals surface area contributed by atoms with Crippen LogP contribution in [0.4, 0.5) is 17.1 Å². The molecular weight excluding hydrogens is 390 g/mol. The van der Waals surface area contributed by atoms with Crippen LogP contribution >= 0.6 is 0 Å². The summed E-state index contributed by atoms with van der Waals surface area (Å²) < 4.78 is 5.02. The van der Waals surface area contributed by atoms with Gasteiger partial charge in [-0.3, -0.25) is 19.7 Å². The standard InChI is InChI=1S/C21H21N3O6/c1-2-20(26)23-16-6-3-13(4-7-16)19(25)12-30-21(27)14-5-10-17(22-15-8-9-15)18(11-14)24(28)29/h3-7,10-11,15,22H,2,8-9,12H2,1H3,(H,23,26). The molecule has 1 aliphatic carbocycles. The Bertz CT molecular complexity index is 983. The van der Waals surface area contributed by atoms with Crippen LogP contribution < -0.4 is 10.6 Å². The Labute approximate surface area is 172 Å². The molecule has 1 saturated carbocycles. The second-order valence-electron chi connectivity index (χ2n) is 6.89. The van der Waals surface area contributed by atoms with E-state index in [1.807, 2.05) is 0 Å². The van der Waals surface area contributed by atoms with E-state index >= 15 is 0 Å². The van der Waals surface area contributed by atoms with E-state index in [0.29, 0.717) is 23.4 Å². The van der Waals surface area contributed by atoms with Crippen LogP contribution in [0.3, 0.4) is 0 Å². The number of anilines is 2. The molecule has 9 nitrogen and oxygen atoms in total. The number of ether oxygens (including phenoxy) is 1. The number of nitrogens with one attached hydrogen (secondary N) is 2. The van der Waals surface area contributed by atoms with Gasteiger partial charge in [-0.15, -0.1) is 0 Å². The number of Topliss-reactive ketones (excluding diaryl/α,β-unsaturated/α-hetero) is 1. The van der Waals surface area contributed by atoms with Gasteiger partial charge in [0.15, 0.2) is 12.4 Å². The van der Waals surface area contributed by atoms with Gasteiger partial charge in [0.1, 0.15) is 5.69 Å². The van der Waals surface area contributed by atoms with E-state index in [2.05, 4.69) is 10.6 Å². The lowest BCUT2D eigenvalue weighted by molar-refractivity contribution is -0.384. The van der Waals surface area contributed by atoms with Crippen molar-refractivity contribution < 1.29 is 24.0 Å². The summed E-state index contributed by atoms with van der Waals surface area (Å²) in [5.74, 6) is -1.40. The largest absolute Gasteiger partial charge is 0.454 e. The minimum Gasteiger partial charge on any atom is -0.454 e. The Balaban J connectivity index is 1.60. The van der Waals surface area contributed by atoms with Crippen LogP contribution in [0.2, 0.25) is 0 Å². The van der Waals surface area contributed by atoms with E-state index in [-0.39, 0.29) is 23.2 Å². The average Bonchev–Trinajstić information content (AvgIpc) is 3.56. The quantitative estimate of drug-likeness (QED) is 0.279. The fourth-order valence-corrected chi connectivity index (χ4v) is 2.67. The molecule has 3 rings (SSSR count). The van der Waals surface area contributed by atoms with Crippen molar-refractivity contribution in [3.8, 4) is 0 Å². The lowest BCUT2D eigenvalue weighted by Crippen LogP contribution is -2.15. The Morgan fingerprint density at radius 3 is 2.37 bits per heavy atom. The normalized spacial score (nSPS) is 12.7. The third-order valence-electron chi connectivity index (χ3n) is 4.51. The molecule has 0 radical (unpaired) electrons. The molecule has 2 aromatic carbocycles. The summed E-state index contributed by atoms with van der Waals surface area (Å²) in [4.78, 5) is 46.6. The molecule has 0 bridgehead atoms. The summed E-state index contributed by atoms with van der Waals surface area (Å²) in [6, 6.07) is 10.5. The number of nitro benzene ring substituents is 1. The molecule has 1 amide bonds. The van der Waals surface area contributed by atoms with Gasteiger partial charge in [0, 0.05) is 29.8 Å². The predicted octanol–water partition coefficient (Wildman–Crippen LogP) is 3.56. The predicted molar refractivity (Wildman–Crippen MR) is 110 cm³/mol. The van der Waals surface area contributed by atoms with E-state index in [4.69, 9.17) is 4.74 Å². The first-order chi connectivity index (χ1) is 14.4. The molecule has 2 aromatic rings. The molecule has 156 valence electrons. The number of amides is 1. The Morgan fingerprint density at radius 2 is 1.77 bits per heavy atom. The molecular formula is C21H21N3O6. The summed E-state index contributed by atoms with van der Waals surface area (Å²) in [5.41, 5.74) is 1.00. The van der Waals surface area contributed by atoms with Crippen LogP contribution in [0.1, 0.15) is 46.9 Å². The van der Waals surface area contributed by atoms with Crippen molar-refractivity contribution in [2.24, 2.45) is 0 Å². The number of esters is 1. The first-order valence-corrected chi connectivity index (χ1v) is 9.52. The number of benzene rings is 2. The molecule has 0 saturated heterocycles. The van der Waals surface area contributed by atoms with Gasteiger partial charge in [-0.1, -0.05) is 6.92 Å². The van der Waals surface area contributed by atoms with Crippen molar-refractivity contribution in [1.82, 2.24) is 0 Å². The number of carbonyl (C=O) groups is 3. The number of nitrogens with zero attached hydrogens (tertiary/aromatic N) is 1. The first kappa shape index (κ1) is 21.0. The van der Waals surface area contributed by atoms with Crippen LogP contribution in [0.25, 0.3) is 0 Å². The van der Waals surface area contributed by atoms with Gasteiger partial charge in [-0.2, -0.15) is 0 Å². The second kappa shape index (κ2) is 9.17. The van der Waals surface area contributed by atoms with Gasteiger partial charge in [-0.25, -0.2) is 4.79 Å². The van der Waals surface area contributed by atoms with Crippen LogP contribution in [-0.4, -0.2) is 35.2 Å². The third-order valence-corrected chi connectivity index (χ3v) is 4.51. The zero-order valence-electron chi connectivity index (χ0n) is 16.3. The third kappa shape index (κ3) is 5.40. The lowest BCUT2D eigenvalue weighted by atomic mass is 10.1. The molecule has 0 atom stereocenters. The average molecular weight is 411 g/mol. The van der Waals surface area contributed by atoms with Crippen LogP contribution in [-0.2, 0) is 9.53 Å². The maximum Gasteiger partial charge on any atom is 0.338 e. The van der Waals surface area contributed by atoms with Crippen molar-refractivity contribution >= 4 is 34.7 Å². The highest BCUT2D eigenvalue weighted by Gasteiger charge is 2.26. The maximum absolute atomic E-state index is 12.2. The van der Waals surface area contributed by atoms with Gasteiger partial charge >= 0.3 is 5.97 Å². The monoisotopic (exact) mass is 411 g/mol. The molecule has 0 aromatic heterocycles. The minimum atomic E-state index is -0.823. The number of hydrogen-bond acceptors (Lipinski definition) is 7. The summed E-state index contributed by atoms with van der Waals surface area (Å²) in [6.07, 6.45) is 2.25. The van der Waals surface area contributed by atoms with Gasteiger partial charge in [0.05, 0.1) is 10.5 Å². The number of nitro groups is 1. The van der Waals surface area contributed by atoms with Crippen LogP contribution in [0.15, 0.2) is 42.5 Å². The van der Waals surface area contributed by atoms with E-state index in [1.165, 1.54) is 24.3 Å². The number of hydrogen-bond donors (Lipinski definition) is 2. The molecule has 0 unspecified atom stereocenters. The molecule has 1 fully saturated rings. The topological polar surface area (TPSA) is 128 Å². The van der Waals surface area contributed by atoms with Crippen molar-refractivity contribution in [3.05, 3.63) is 63.7 Å². The molecule has 2 N–H and O–H groups in total. The minimum absolute atomic E-state index is 0.00604. The van der Waals surface area contributed by atoms with Crippen LogP contribution in [0.5, 0.6) is 0 Å². The first-order valence-electron chi connectivity index (χ1n) is 9.52. The zero-order valence-corrected chi connectivity index (χ0v) is 16.3. The van der Waals surface area contributed by atoms with E-state index in [9.17, 15) is 24.5 Å². The lowest BCUT2D eigenvalue weighted by Gasteiger charge is -2.08. The van der Waals surface area contributed by atoms with E-state index in [1.54, 1.807) is 19.1 Å². The van der Waals surface area contributed by atoms with Crippen molar-refractivity contribution in [2.75, 3.05) is 17.2 Å². The van der Waals surface area contributed by atoms with Crippen LogP contribution in [0, 0.1) is 10.1 Å². The summed E-state index contributed by atoms with van der Waals surface area (Å²) >= 11 is 0. The fraction of sp³-hybridized carbons (Fsp3) is 0.286. The van der Waals surface area contributed by atoms with Crippen molar-refractivity contribution in [2.45, 2.75) is 32.2 Å². The molecule has 9 heteroatoms. The van der Waals surface area contributed by atoms with E-state index < -0.39 is 23.3 Å². The van der Waals surface area contributed by atoms with Crippen molar-refractivity contribution in [3.63, 3.8) is 0 Å². The SMILES string of the molecule is CCC(=O)Nc1ccc(C(=O)COC(=O)c2ccc(NC3CC3)c([N+](=O)[O-])c2)cc1. The Kier molecular flexibility index (Phi) is 6.41. The Hall–Kier alpha value is -3.75. The fourth-order valence-electron chi connectivity index (χ4n) is 2.67. The van der Waals surface area contributed by atoms with E-state index in [0.717, 1.165) is 18.9 Å². The molecule has 0 spiro atoms. The molecule has 0 heterocycles.